The number of aromatic carboxylic acids is 1. The van der Waals surface area contributed by atoms with Gasteiger partial charge in [0.25, 0.3) is 5.91 Å². The lowest BCUT2D eigenvalue weighted by Gasteiger charge is -2.14. The van der Waals surface area contributed by atoms with Crippen LogP contribution in [0, 0.1) is 21.8 Å². The van der Waals surface area contributed by atoms with Gasteiger partial charge in [0.15, 0.2) is 18.1 Å². The quantitative estimate of drug-likeness (QED) is 0.215. The molecule has 1 amide bonds. The number of hydrogen-bond donors (Lipinski definition) is 2. The number of carbonyl (C=O) groups excluding carboxylic acids is 1. The summed E-state index contributed by atoms with van der Waals surface area (Å²) >= 11 is 2.08. The largest absolute Gasteiger partial charge is 0.493 e. The van der Waals surface area contributed by atoms with Crippen LogP contribution in [-0.2, 0) is 4.79 Å². The maximum Gasteiger partial charge on any atom is 0.335 e. The van der Waals surface area contributed by atoms with Crippen LogP contribution < -0.4 is 14.8 Å². The highest BCUT2D eigenvalue weighted by atomic mass is 127. The highest BCUT2D eigenvalue weighted by Crippen LogP contribution is 2.35. The van der Waals surface area contributed by atoms with Gasteiger partial charge in [0.2, 0.25) is 0 Å². The minimum atomic E-state index is -1.03. The zero-order valence-electron chi connectivity index (χ0n) is 18.5. The van der Waals surface area contributed by atoms with Gasteiger partial charge in [-0.15, -0.1) is 0 Å². The Hall–Kier alpha value is -3.84. The lowest BCUT2D eigenvalue weighted by Crippen LogP contribution is -2.20. The van der Waals surface area contributed by atoms with Crippen molar-refractivity contribution in [1.29, 1.82) is 5.26 Å². The third-order valence-corrected chi connectivity index (χ3v) is 5.61. The normalized spacial score (nSPS) is 10.8. The molecule has 7 nitrogen and oxygen atoms in total. The topological polar surface area (TPSA) is 109 Å². The fraction of sp³-hybridized carbons (Fsp3) is 0.115. The summed E-state index contributed by atoms with van der Waals surface area (Å²) in [6.07, 6.45) is 1.67. The Kier molecular flexibility index (Phi) is 8.27. The predicted octanol–water partition coefficient (Wildman–Crippen LogP) is 5.39. The number of anilines is 1. The SMILES string of the molecule is COc1cc(/C=C(/C#N)c2ccc(C(=O)O)cc2)cc(I)c1OCC(=O)Nc1ccc(C)cc1. The van der Waals surface area contributed by atoms with Crippen molar-refractivity contribution in [3.8, 4) is 17.6 Å². The third kappa shape index (κ3) is 6.36. The van der Waals surface area contributed by atoms with Crippen molar-refractivity contribution in [3.63, 3.8) is 0 Å². The first-order valence-corrected chi connectivity index (χ1v) is 11.2. The van der Waals surface area contributed by atoms with Crippen molar-refractivity contribution < 1.29 is 24.2 Å². The molecule has 3 aromatic carbocycles. The number of nitrogens with zero attached hydrogens (tertiary/aromatic N) is 1. The molecule has 0 aliphatic rings. The van der Waals surface area contributed by atoms with Gasteiger partial charge in [-0.25, -0.2) is 4.79 Å². The van der Waals surface area contributed by atoms with E-state index in [0.29, 0.717) is 37.5 Å². The molecule has 0 heterocycles. The Bertz CT molecular complexity index is 1280. The van der Waals surface area contributed by atoms with Crippen LogP contribution in [-0.4, -0.2) is 30.7 Å². The van der Waals surface area contributed by atoms with Crippen LogP contribution in [0.2, 0.25) is 0 Å². The minimum absolute atomic E-state index is 0.144. The molecular formula is C26H21IN2O5. The van der Waals surface area contributed by atoms with Gasteiger partial charge in [0.1, 0.15) is 0 Å². The second-order valence-electron chi connectivity index (χ2n) is 7.29. The van der Waals surface area contributed by atoms with Crippen LogP contribution >= 0.6 is 22.6 Å². The molecule has 0 unspecified atom stereocenters. The van der Waals surface area contributed by atoms with Crippen molar-refractivity contribution in [2.75, 3.05) is 19.0 Å². The van der Waals surface area contributed by atoms with Crippen LogP contribution in [0.5, 0.6) is 11.5 Å². The lowest BCUT2D eigenvalue weighted by atomic mass is 10.0. The Balaban J connectivity index is 1.78. The van der Waals surface area contributed by atoms with Gasteiger partial charge in [-0.2, -0.15) is 5.26 Å². The number of carbonyl (C=O) groups is 2. The lowest BCUT2D eigenvalue weighted by molar-refractivity contribution is -0.118. The molecule has 0 saturated carbocycles. The molecule has 0 saturated heterocycles. The number of aryl methyl sites for hydroxylation is 1. The fourth-order valence-electron chi connectivity index (χ4n) is 3.07. The Morgan fingerprint density at radius 2 is 1.74 bits per heavy atom. The smallest absolute Gasteiger partial charge is 0.335 e. The highest BCUT2D eigenvalue weighted by molar-refractivity contribution is 14.1. The Morgan fingerprint density at radius 3 is 2.32 bits per heavy atom. The number of ether oxygens (including phenoxy) is 2. The summed E-state index contributed by atoms with van der Waals surface area (Å²) in [7, 11) is 1.49. The molecule has 3 rings (SSSR count). The van der Waals surface area contributed by atoms with E-state index in [9.17, 15) is 14.9 Å². The van der Waals surface area contributed by atoms with Crippen LogP contribution in [0.4, 0.5) is 5.69 Å². The summed E-state index contributed by atoms with van der Waals surface area (Å²) in [6.45, 7) is 1.77. The number of hydrogen-bond acceptors (Lipinski definition) is 5. The van der Waals surface area contributed by atoms with E-state index in [-0.39, 0.29) is 18.1 Å². The first-order valence-electron chi connectivity index (χ1n) is 10.1. The second kappa shape index (κ2) is 11.3. The molecular weight excluding hydrogens is 547 g/mol. The molecule has 0 spiro atoms. The van der Waals surface area contributed by atoms with E-state index in [4.69, 9.17) is 14.6 Å². The van der Waals surface area contributed by atoms with E-state index < -0.39 is 5.97 Å². The molecule has 0 aliphatic heterocycles. The van der Waals surface area contributed by atoms with E-state index in [1.54, 1.807) is 30.3 Å². The first kappa shape index (κ1) is 24.8. The predicted molar refractivity (Wildman–Crippen MR) is 138 cm³/mol. The van der Waals surface area contributed by atoms with Crippen LogP contribution in [0.1, 0.15) is 27.0 Å². The maximum atomic E-state index is 12.3. The van der Waals surface area contributed by atoms with Gasteiger partial charge >= 0.3 is 5.97 Å². The van der Waals surface area contributed by atoms with E-state index in [1.807, 2.05) is 31.2 Å². The molecule has 3 aromatic rings. The number of benzene rings is 3. The van der Waals surface area contributed by atoms with E-state index in [1.165, 1.54) is 19.2 Å². The third-order valence-electron chi connectivity index (χ3n) is 4.81. The number of rotatable bonds is 8. The van der Waals surface area contributed by atoms with Crippen molar-refractivity contribution in [3.05, 3.63) is 86.5 Å². The Labute approximate surface area is 210 Å². The minimum Gasteiger partial charge on any atom is -0.493 e. The van der Waals surface area contributed by atoms with Gasteiger partial charge in [0, 0.05) is 5.69 Å². The Morgan fingerprint density at radius 1 is 1.09 bits per heavy atom. The molecule has 0 aromatic heterocycles. The molecule has 2 N–H and O–H groups in total. The molecule has 34 heavy (non-hydrogen) atoms. The maximum absolute atomic E-state index is 12.3. The number of carboxylic acid groups (broad SMARTS) is 1. The van der Waals surface area contributed by atoms with E-state index in [2.05, 4.69) is 34.0 Å². The molecule has 0 bridgehead atoms. The second-order valence-corrected chi connectivity index (χ2v) is 8.45. The summed E-state index contributed by atoms with van der Waals surface area (Å²) < 4.78 is 11.9. The number of nitrogens with one attached hydrogen (secondary N) is 1. The highest BCUT2D eigenvalue weighted by Gasteiger charge is 2.14. The number of allylic oxidation sites excluding steroid dienone is 1. The first-order chi connectivity index (χ1) is 16.3. The van der Waals surface area contributed by atoms with Crippen LogP contribution in [0.25, 0.3) is 11.6 Å². The van der Waals surface area contributed by atoms with Gasteiger partial charge in [-0.05, 0) is 83.1 Å². The number of carboxylic acids is 1. The van der Waals surface area contributed by atoms with Gasteiger partial charge in [-0.1, -0.05) is 29.8 Å². The monoisotopic (exact) mass is 568 g/mol. The fourth-order valence-corrected chi connectivity index (χ4v) is 3.86. The summed E-state index contributed by atoms with van der Waals surface area (Å²) in [5.41, 5.74) is 3.57. The van der Waals surface area contributed by atoms with Crippen LogP contribution in [0.3, 0.4) is 0 Å². The van der Waals surface area contributed by atoms with Gasteiger partial charge < -0.3 is 19.9 Å². The van der Waals surface area contributed by atoms with E-state index in [0.717, 1.165) is 5.56 Å². The molecule has 0 radical (unpaired) electrons. The van der Waals surface area contributed by atoms with Crippen molar-refractivity contribution in [2.45, 2.75) is 6.92 Å². The molecule has 8 heteroatoms. The summed E-state index contributed by atoms with van der Waals surface area (Å²) in [4.78, 5) is 23.3. The average molecular weight is 568 g/mol. The number of halogens is 1. The average Bonchev–Trinajstić information content (AvgIpc) is 2.83. The molecule has 0 aliphatic carbocycles. The van der Waals surface area contributed by atoms with Crippen molar-refractivity contribution in [2.24, 2.45) is 0 Å². The number of methoxy groups -OCH3 is 1. The summed E-state index contributed by atoms with van der Waals surface area (Å²) in [5, 5.41) is 21.4. The van der Waals surface area contributed by atoms with Crippen LogP contribution in [0.15, 0.2) is 60.7 Å². The zero-order chi connectivity index (χ0) is 24.7. The molecule has 0 fully saturated rings. The zero-order valence-corrected chi connectivity index (χ0v) is 20.6. The van der Waals surface area contributed by atoms with Crippen molar-refractivity contribution in [1.82, 2.24) is 0 Å². The standard InChI is InChI=1S/C26H21IN2O5/c1-16-3-9-21(10-4-16)29-24(30)15-34-25-22(27)12-17(13-23(25)33-2)11-20(14-28)18-5-7-19(8-6-18)26(31)32/h3-13H,15H2,1-2H3,(H,29,30)(H,31,32)/b20-11-. The summed E-state index contributed by atoms with van der Waals surface area (Å²) in [6, 6.07) is 19.2. The molecule has 0 atom stereocenters. The van der Waals surface area contributed by atoms with E-state index >= 15 is 0 Å². The summed E-state index contributed by atoms with van der Waals surface area (Å²) in [5.74, 6) is -0.498. The van der Waals surface area contributed by atoms with Gasteiger partial charge in [-0.3, -0.25) is 4.79 Å². The number of nitriles is 1. The number of amides is 1. The van der Waals surface area contributed by atoms with Crippen molar-refractivity contribution >= 4 is 51.8 Å². The molecule has 172 valence electrons. The van der Waals surface area contributed by atoms with Gasteiger partial charge in [0.05, 0.1) is 27.9 Å².